The summed E-state index contributed by atoms with van der Waals surface area (Å²) in [6, 6.07) is 6.18. The number of halogens is 1. The normalized spacial score (nSPS) is 19.1. The second-order valence-corrected chi connectivity index (χ2v) is 6.09. The van der Waals surface area contributed by atoms with Gasteiger partial charge in [0.2, 0.25) is 0 Å². The van der Waals surface area contributed by atoms with Gasteiger partial charge in [0.15, 0.2) is 0 Å². The first-order valence-corrected chi connectivity index (χ1v) is 6.64. The molecule has 0 bridgehead atoms. The monoisotopic (exact) mass is 282 g/mol. The molecular weight excluding hydrogens is 272 g/mol. The Hall–Kier alpha value is -0.450. The summed E-state index contributed by atoms with van der Waals surface area (Å²) < 4.78 is 2.32. The smallest absolute Gasteiger partial charge is 0.114 e. The lowest BCUT2D eigenvalue weighted by Gasteiger charge is -2.35. The van der Waals surface area contributed by atoms with E-state index < -0.39 is 0 Å². The molecule has 0 atom stereocenters. The summed E-state index contributed by atoms with van der Waals surface area (Å²) in [5, 5.41) is 1.10. The van der Waals surface area contributed by atoms with Crippen molar-refractivity contribution in [3.05, 3.63) is 27.7 Å². The third kappa shape index (κ3) is 1.51. The Morgan fingerprint density at radius 1 is 1.40 bits per heavy atom. The van der Waals surface area contributed by atoms with Gasteiger partial charge in [0.25, 0.3) is 0 Å². The van der Waals surface area contributed by atoms with Crippen molar-refractivity contribution >= 4 is 37.5 Å². The Kier molecular flexibility index (Phi) is 2.13. The Morgan fingerprint density at radius 3 is 2.87 bits per heavy atom. The average Bonchev–Trinajstić information content (AvgIpc) is 2.57. The van der Waals surface area contributed by atoms with Crippen molar-refractivity contribution in [2.45, 2.75) is 24.8 Å². The lowest BCUT2D eigenvalue weighted by Crippen LogP contribution is -2.43. The molecule has 1 aliphatic rings. The van der Waals surface area contributed by atoms with Gasteiger partial charge in [-0.25, -0.2) is 4.98 Å². The second-order valence-electron chi connectivity index (χ2n) is 4.14. The van der Waals surface area contributed by atoms with Crippen LogP contribution >= 0.6 is 27.3 Å². The highest BCUT2D eigenvalue weighted by Crippen LogP contribution is 2.42. The minimum atomic E-state index is -0.129. The summed E-state index contributed by atoms with van der Waals surface area (Å²) in [6.45, 7) is 0. The molecule has 1 aromatic carbocycles. The van der Waals surface area contributed by atoms with Gasteiger partial charge in [-0.05, 0) is 37.5 Å². The van der Waals surface area contributed by atoms with E-state index in [4.69, 9.17) is 5.73 Å². The van der Waals surface area contributed by atoms with Crippen LogP contribution in [0.5, 0.6) is 0 Å². The van der Waals surface area contributed by atoms with Gasteiger partial charge in [-0.15, -0.1) is 11.3 Å². The van der Waals surface area contributed by atoms with E-state index in [1.54, 1.807) is 11.3 Å². The highest BCUT2D eigenvalue weighted by Gasteiger charge is 2.37. The number of hydrogen-bond acceptors (Lipinski definition) is 3. The van der Waals surface area contributed by atoms with E-state index in [-0.39, 0.29) is 5.54 Å². The number of thiazole rings is 1. The minimum Gasteiger partial charge on any atom is -0.319 e. The molecule has 0 saturated heterocycles. The lowest BCUT2D eigenvalue weighted by atomic mass is 9.78. The molecule has 0 amide bonds. The van der Waals surface area contributed by atoms with Gasteiger partial charge in [0.1, 0.15) is 5.01 Å². The molecule has 2 aromatic rings. The van der Waals surface area contributed by atoms with Crippen molar-refractivity contribution in [3.63, 3.8) is 0 Å². The van der Waals surface area contributed by atoms with Gasteiger partial charge in [0.05, 0.1) is 15.8 Å². The van der Waals surface area contributed by atoms with Crippen molar-refractivity contribution in [2.75, 3.05) is 0 Å². The maximum atomic E-state index is 6.26. The number of nitrogens with two attached hydrogens (primary N) is 1. The van der Waals surface area contributed by atoms with E-state index in [1.807, 2.05) is 12.1 Å². The molecule has 0 unspecified atom stereocenters. The molecule has 4 heteroatoms. The molecule has 0 spiro atoms. The predicted molar refractivity (Wildman–Crippen MR) is 67.0 cm³/mol. The Morgan fingerprint density at radius 2 is 2.20 bits per heavy atom. The van der Waals surface area contributed by atoms with Crippen molar-refractivity contribution in [1.29, 1.82) is 0 Å². The van der Waals surface area contributed by atoms with Crippen molar-refractivity contribution < 1.29 is 0 Å². The SMILES string of the molecule is NC1(c2nc3ccc(Br)cc3s2)CCC1. The maximum Gasteiger partial charge on any atom is 0.114 e. The molecule has 1 aliphatic carbocycles. The molecule has 0 radical (unpaired) electrons. The highest BCUT2D eigenvalue weighted by molar-refractivity contribution is 9.10. The maximum absolute atomic E-state index is 6.26. The van der Waals surface area contributed by atoms with Crippen LogP contribution in [-0.2, 0) is 5.54 Å². The Balaban J connectivity index is 2.14. The minimum absolute atomic E-state index is 0.129. The van der Waals surface area contributed by atoms with Crippen LogP contribution in [0, 0.1) is 0 Å². The third-order valence-corrected chi connectivity index (χ3v) is 4.75. The molecule has 0 aliphatic heterocycles. The van der Waals surface area contributed by atoms with E-state index in [2.05, 4.69) is 27.0 Å². The van der Waals surface area contributed by atoms with Crippen molar-refractivity contribution in [3.8, 4) is 0 Å². The molecule has 2 nitrogen and oxygen atoms in total. The molecule has 78 valence electrons. The first kappa shape index (κ1) is 9.75. The number of fused-ring (bicyclic) bond motifs is 1. The fourth-order valence-corrected chi connectivity index (χ4v) is 3.56. The number of hydrogen-bond donors (Lipinski definition) is 1. The topological polar surface area (TPSA) is 38.9 Å². The fraction of sp³-hybridized carbons (Fsp3) is 0.364. The van der Waals surface area contributed by atoms with E-state index in [1.165, 1.54) is 11.1 Å². The van der Waals surface area contributed by atoms with E-state index in [0.29, 0.717) is 0 Å². The summed E-state index contributed by atoms with van der Waals surface area (Å²) in [4.78, 5) is 4.62. The summed E-state index contributed by atoms with van der Waals surface area (Å²) in [5.74, 6) is 0. The molecule has 3 rings (SSSR count). The van der Waals surface area contributed by atoms with Crippen LogP contribution in [0.3, 0.4) is 0 Å². The second kappa shape index (κ2) is 3.27. The largest absolute Gasteiger partial charge is 0.319 e. The zero-order chi connectivity index (χ0) is 10.5. The van der Waals surface area contributed by atoms with E-state index in [9.17, 15) is 0 Å². The molecule has 1 fully saturated rings. The summed E-state index contributed by atoms with van der Waals surface area (Å²) in [7, 11) is 0. The fourth-order valence-electron chi connectivity index (χ4n) is 1.88. The molecule has 1 heterocycles. The first-order valence-electron chi connectivity index (χ1n) is 5.03. The number of rotatable bonds is 1. The van der Waals surface area contributed by atoms with Gasteiger partial charge >= 0.3 is 0 Å². The van der Waals surface area contributed by atoms with Crippen LogP contribution in [-0.4, -0.2) is 4.98 Å². The van der Waals surface area contributed by atoms with Crippen molar-refractivity contribution in [1.82, 2.24) is 4.98 Å². The van der Waals surface area contributed by atoms with Crippen LogP contribution in [0.2, 0.25) is 0 Å². The highest BCUT2D eigenvalue weighted by atomic mass is 79.9. The van der Waals surface area contributed by atoms with E-state index >= 15 is 0 Å². The number of nitrogens with zero attached hydrogens (tertiary/aromatic N) is 1. The van der Waals surface area contributed by atoms with Crippen LogP contribution in [0.1, 0.15) is 24.3 Å². The summed E-state index contributed by atoms with van der Waals surface area (Å²) >= 11 is 5.20. The Labute approximate surface area is 101 Å². The number of aromatic nitrogens is 1. The third-order valence-electron chi connectivity index (χ3n) is 3.02. The summed E-state index contributed by atoms with van der Waals surface area (Å²) in [6.07, 6.45) is 3.39. The van der Waals surface area contributed by atoms with Gasteiger partial charge in [0, 0.05) is 4.47 Å². The van der Waals surface area contributed by atoms with Crippen LogP contribution in [0.4, 0.5) is 0 Å². The summed E-state index contributed by atoms with van der Waals surface area (Å²) in [5.41, 5.74) is 7.20. The van der Waals surface area contributed by atoms with Gasteiger partial charge in [-0.1, -0.05) is 15.9 Å². The molecule has 1 saturated carbocycles. The molecule has 1 aromatic heterocycles. The van der Waals surface area contributed by atoms with Crippen LogP contribution in [0.15, 0.2) is 22.7 Å². The molecular formula is C11H11BrN2S. The van der Waals surface area contributed by atoms with E-state index in [0.717, 1.165) is 27.8 Å². The zero-order valence-corrected chi connectivity index (χ0v) is 10.6. The quantitative estimate of drug-likeness (QED) is 0.871. The van der Waals surface area contributed by atoms with Gasteiger partial charge < -0.3 is 5.73 Å². The Bertz CT molecular complexity index is 516. The zero-order valence-electron chi connectivity index (χ0n) is 8.16. The standard InChI is InChI=1S/C11H11BrN2S/c12-7-2-3-8-9(6-7)15-10(14-8)11(13)4-1-5-11/h2-3,6H,1,4-5,13H2. The predicted octanol–water partition coefficient (Wildman–Crippen LogP) is 3.40. The van der Waals surface area contributed by atoms with Gasteiger partial charge in [-0.3, -0.25) is 0 Å². The van der Waals surface area contributed by atoms with Crippen LogP contribution < -0.4 is 5.73 Å². The number of benzene rings is 1. The average molecular weight is 283 g/mol. The first-order chi connectivity index (χ1) is 7.17. The molecule has 15 heavy (non-hydrogen) atoms. The van der Waals surface area contributed by atoms with Crippen LogP contribution in [0.25, 0.3) is 10.2 Å². The van der Waals surface area contributed by atoms with Gasteiger partial charge in [-0.2, -0.15) is 0 Å². The van der Waals surface area contributed by atoms with Crippen molar-refractivity contribution in [2.24, 2.45) is 5.73 Å². The lowest BCUT2D eigenvalue weighted by molar-refractivity contribution is 0.253. The molecule has 2 N–H and O–H groups in total.